The number of fused-ring (bicyclic) bond motifs is 1. The molecule has 18 heavy (non-hydrogen) atoms. The van der Waals surface area contributed by atoms with Crippen LogP contribution in [0.4, 0.5) is 0 Å². The lowest BCUT2D eigenvalue weighted by molar-refractivity contribution is 0.146. The summed E-state index contributed by atoms with van der Waals surface area (Å²) in [6.07, 6.45) is 3.16. The number of hydrogen-bond acceptors (Lipinski definition) is 3. The highest BCUT2D eigenvalue weighted by Gasteiger charge is 2.26. The second-order valence-electron chi connectivity index (χ2n) is 5.75. The highest BCUT2D eigenvalue weighted by molar-refractivity contribution is 5.30. The van der Waals surface area contributed by atoms with Gasteiger partial charge in [0.15, 0.2) is 0 Å². The number of aromatic nitrogens is 1. The number of nitrogens with one attached hydrogen (secondary N) is 1. The minimum absolute atomic E-state index is 0.306. The molecule has 0 radical (unpaired) electrons. The Morgan fingerprint density at radius 3 is 3.00 bits per heavy atom. The van der Waals surface area contributed by atoms with Crippen LogP contribution in [0.25, 0.3) is 0 Å². The fourth-order valence-electron chi connectivity index (χ4n) is 3.28. The van der Waals surface area contributed by atoms with Crippen molar-refractivity contribution in [2.24, 2.45) is 5.73 Å². The molecular weight excluding hydrogens is 226 g/mol. The average molecular weight is 249 g/mol. The van der Waals surface area contributed by atoms with E-state index in [1.807, 2.05) is 0 Å². The predicted octanol–water partition coefficient (Wildman–Crippen LogP) is 0.876. The first-order valence-corrected chi connectivity index (χ1v) is 6.95. The number of H-pyrrole nitrogens is 1. The smallest absolute Gasteiger partial charge is 0.0520 e. The van der Waals surface area contributed by atoms with Gasteiger partial charge in [-0.1, -0.05) is 0 Å². The van der Waals surface area contributed by atoms with E-state index in [1.54, 1.807) is 0 Å². The zero-order valence-electron chi connectivity index (χ0n) is 11.1. The zero-order valence-corrected chi connectivity index (χ0v) is 11.1. The third kappa shape index (κ3) is 2.46. The number of hydrogen-bond donors (Lipinski definition) is 2. The van der Waals surface area contributed by atoms with E-state index in [1.165, 1.54) is 17.0 Å². The minimum atomic E-state index is 0.306. The van der Waals surface area contributed by atoms with Gasteiger partial charge in [0.25, 0.3) is 0 Å². The van der Waals surface area contributed by atoms with E-state index < -0.39 is 0 Å². The Hall–Kier alpha value is -0.840. The zero-order chi connectivity index (χ0) is 12.5. The van der Waals surface area contributed by atoms with Gasteiger partial charge in [0.2, 0.25) is 0 Å². The molecule has 2 aliphatic rings. The fourth-order valence-corrected chi connectivity index (χ4v) is 3.28. The maximum Gasteiger partial charge on any atom is 0.0520 e. The van der Waals surface area contributed by atoms with Crippen molar-refractivity contribution in [2.45, 2.75) is 31.2 Å². The van der Waals surface area contributed by atoms with Crippen LogP contribution in [0.15, 0.2) is 6.07 Å². The van der Waals surface area contributed by atoms with E-state index in [0.29, 0.717) is 12.0 Å². The third-order valence-electron chi connectivity index (χ3n) is 4.13. The third-order valence-corrected chi connectivity index (χ3v) is 4.13. The molecule has 3 heterocycles. The topological polar surface area (TPSA) is 54.3 Å². The second-order valence-corrected chi connectivity index (χ2v) is 5.75. The molecule has 1 saturated heterocycles. The van der Waals surface area contributed by atoms with E-state index in [0.717, 1.165) is 45.6 Å². The van der Waals surface area contributed by atoms with Crippen molar-refractivity contribution in [1.29, 1.82) is 0 Å². The molecule has 3 rings (SSSR count). The van der Waals surface area contributed by atoms with Crippen LogP contribution in [-0.4, -0.2) is 49.3 Å². The maximum atomic E-state index is 6.12. The van der Waals surface area contributed by atoms with Gasteiger partial charge >= 0.3 is 0 Å². The Morgan fingerprint density at radius 1 is 1.33 bits per heavy atom. The molecule has 4 nitrogen and oxygen atoms in total. The summed E-state index contributed by atoms with van der Waals surface area (Å²) in [5, 5.41) is 0. The van der Waals surface area contributed by atoms with Gasteiger partial charge < -0.3 is 20.4 Å². The summed E-state index contributed by atoms with van der Waals surface area (Å²) in [5.41, 5.74) is 10.3. The van der Waals surface area contributed by atoms with Crippen molar-refractivity contribution < 1.29 is 4.74 Å². The summed E-state index contributed by atoms with van der Waals surface area (Å²) in [7, 11) is 2.16. The summed E-state index contributed by atoms with van der Waals surface area (Å²) >= 11 is 0. The molecule has 4 heteroatoms. The van der Waals surface area contributed by atoms with Crippen LogP contribution >= 0.6 is 0 Å². The molecule has 3 N–H and O–H groups in total. The Labute approximate surface area is 108 Å². The van der Waals surface area contributed by atoms with Crippen LogP contribution in [0.1, 0.15) is 29.3 Å². The van der Waals surface area contributed by atoms with Crippen molar-refractivity contribution in [3.05, 3.63) is 23.0 Å². The number of rotatable bonds is 1. The predicted molar refractivity (Wildman–Crippen MR) is 71.9 cm³/mol. The van der Waals surface area contributed by atoms with E-state index >= 15 is 0 Å². The molecule has 100 valence electrons. The van der Waals surface area contributed by atoms with Crippen molar-refractivity contribution >= 4 is 0 Å². The summed E-state index contributed by atoms with van der Waals surface area (Å²) in [5.74, 6) is 0.562. The standard InChI is InChI=1S/C14H23N3O/c1-17-8-11(6-12(15)9-17)14-7-10-2-4-18-5-3-13(10)16-14/h7,11-12,16H,2-6,8-9,15H2,1H3. The van der Waals surface area contributed by atoms with Crippen molar-refractivity contribution in [3.8, 4) is 0 Å². The van der Waals surface area contributed by atoms with Gasteiger partial charge in [-0.15, -0.1) is 0 Å². The lowest BCUT2D eigenvalue weighted by Crippen LogP contribution is -2.44. The first kappa shape index (κ1) is 12.2. The quantitative estimate of drug-likeness (QED) is 0.777. The Balaban J connectivity index is 1.79. The SMILES string of the molecule is CN1CC(N)CC(c2cc3c([nH]2)CCOCC3)C1. The number of nitrogens with zero attached hydrogens (tertiary/aromatic N) is 1. The van der Waals surface area contributed by atoms with Crippen molar-refractivity contribution in [3.63, 3.8) is 0 Å². The van der Waals surface area contributed by atoms with Crippen LogP contribution in [-0.2, 0) is 17.6 Å². The Kier molecular flexibility index (Phi) is 3.41. The molecule has 0 aliphatic carbocycles. The van der Waals surface area contributed by atoms with E-state index in [4.69, 9.17) is 10.5 Å². The van der Waals surface area contributed by atoms with Crippen LogP contribution in [0.3, 0.4) is 0 Å². The summed E-state index contributed by atoms with van der Waals surface area (Å²) in [6, 6.07) is 2.65. The lowest BCUT2D eigenvalue weighted by Gasteiger charge is -2.33. The molecule has 1 aromatic heterocycles. The Morgan fingerprint density at radius 2 is 2.17 bits per heavy atom. The lowest BCUT2D eigenvalue weighted by atomic mass is 9.92. The van der Waals surface area contributed by atoms with Gasteiger partial charge in [-0.3, -0.25) is 0 Å². The van der Waals surface area contributed by atoms with Gasteiger partial charge in [-0.2, -0.15) is 0 Å². The number of ether oxygens (including phenoxy) is 1. The molecule has 1 fully saturated rings. The first-order chi connectivity index (χ1) is 8.72. The monoisotopic (exact) mass is 249 g/mol. The largest absolute Gasteiger partial charge is 0.381 e. The molecule has 0 saturated carbocycles. The highest BCUT2D eigenvalue weighted by Crippen LogP contribution is 2.28. The molecule has 2 atom stereocenters. The number of likely N-dealkylation sites (tertiary alicyclic amines) is 1. The molecule has 2 aliphatic heterocycles. The Bertz CT molecular complexity index is 382. The summed E-state index contributed by atoms with van der Waals surface area (Å²) in [6.45, 7) is 3.83. The van der Waals surface area contributed by atoms with E-state index in [2.05, 4.69) is 23.0 Å². The normalized spacial score (nSPS) is 29.9. The van der Waals surface area contributed by atoms with Gasteiger partial charge in [0.05, 0.1) is 13.2 Å². The van der Waals surface area contributed by atoms with Gasteiger partial charge in [0.1, 0.15) is 0 Å². The van der Waals surface area contributed by atoms with Crippen molar-refractivity contribution in [2.75, 3.05) is 33.4 Å². The molecular formula is C14H23N3O. The molecule has 1 aromatic rings. The highest BCUT2D eigenvalue weighted by atomic mass is 16.5. The number of aromatic amines is 1. The van der Waals surface area contributed by atoms with Crippen LogP contribution in [0.2, 0.25) is 0 Å². The minimum Gasteiger partial charge on any atom is -0.381 e. The maximum absolute atomic E-state index is 6.12. The van der Waals surface area contributed by atoms with Gasteiger partial charge in [-0.25, -0.2) is 0 Å². The molecule has 0 amide bonds. The average Bonchev–Trinajstić information content (AvgIpc) is 2.60. The summed E-state index contributed by atoms with van der Waals surface area (Å²) < 4.78 is 5.51. The first-order valence-electron chi connectivity index (χ1n) is 6.95. The summed E-state index contributed by atoms with van der Waals surface area (Å²) in [4.78, 5) is 5.96. The van der Waals surface area contributed by atoms with Gasteiger partial charge in [-0.05, 0) is 31.5 Å². The van der Waals surface area contributed by atoms with Gasteiger partial charge in [0, 0.05) is 42.9 Å². The van der Waals surface area contributed by atoms with E-state index in [9.17, 15) is 0 Å². The van der Waals surface area contributed by atoms with Crippen LogP contribution in [0, 0.1) is 0 Å². The number of likely N-dealkylation sites (N-methyl/N-ethyl adjacent to an activating group) is 1. The molecule has 0 bridgehead atoms. The van der Waals surface area contributed by atoms with Crippen LogP contribution < -0.4 is 5.73 Å². The molecule has 0 aromatic carbocycles. The second kappa shape index (κ2) is 5.03. The molecule has 0 spiro atoms. The fraction of sp³-hybridized carbons (Fsp3) is 0.714. The van der Waals surface area contributed by atoms with E-state index in [-0.39, 0.29) is 0 Å². The number of nitrogens with two attached hydrogens (primary N) is 1. The number of piperidine rings is 1. The van der Waals surface area contributed by atoms with Crippen molar-refractivity contribution in [1.82, 2.24) is 9.88 Å². The van der Waals surface area contributed by atoms with Crippen LogP contribution in [0.5, 0.6) is 0 Å². The molecule has 2 unspecified atom stereocenters.